The van der Waals surface area contributed by atoms with E-state index in [0.29, 0.717) is 11.3 Å². The Balaban J connectivity index is 2.64. The largest absolute Gasteiger partial charge is 0.479 e. The molecule has 0 saturated carbocycles. The summed E-state index contributed by atoms with van der Waals surface area (Å²) >= 11 is 0. The normalized spacial score (nSPS) is 11.9. The highest BCUT2D eigenvalue weighted by molar-refractivity contribution is 5.95. The Morgan fingerprint density at radius 3 is 2.65 bits per heavy atom. The predicted octanol–water partition coefficient (Wildman–Crippen LogP) is -0.247. The second-order valence-corrected chi connectivity index (χ2v) is 3.64. The lowest BCUT2D eigenvalue weighted by atomic mass is 10.1. The summed E-state index contributed by atoms with van der Waals surface area (Å²) in [6.07, 6.45) is -1.60. The molecule has 0 saturated heterocycles. The maximum atomic E-state index is 11.6. The number of carboxylic acid groups (broad SMARTS) is 1. The van der Waals surface area contributed by atoms with Gasteiger partial charge >= 0.3 is 5.97 Å². The molecule has 0 unspecified atom stereocenters. The molecule has 0 aromatic heterocycles. The second kappa shape index (κ2) is 5.31. The van der Waals surface area contributed by atoms with Gasteiger partial charge in [-0.3, -0.25) is 4.79 Å². The zero-order valence-corrected chi connectivity index (χ0v) is 9.30. The Bertz CT molecular complexity index is 445. The van der Waals surface area contributed by atoms with Crippen LogP contribution in [0.25, 0.3) is 0 Å². The maximum Gasteiger partial charge on any atom is 0.334 e. The topological polar surface area (TPSA) is 113 Å². The van der Waals surface area contributed by atoms with Crippen LogP contribution in [0.15, 0.2) is 18.2 Å². The van der Waals surface area contributed by atoms with Crippen molar-refractivity contribution in [2.45, 2.75) is 13.0 Å². The van der Waals surface area contributed by atoms with Gasteiger partial charge in [0.25, 0.3) is 5.91 Å². The Morgan fingerprint density at radius 1 is 1.47 bits per heavy atom. The summed E-state index contributed by atoms with van der Waals surface area (Å²) in [5.74, 6) is -1.83. The fourth-order valence-corrected chi connectivity index (χ4v) is 1.20. The molecule has 1 amide bonds. The van der Waals surface area contributed by atoms with Crippen molar-refractivity contribution in [3.05, 3.63) is 29.3 Å². The van der Waals surface area contributed by atoms with E-state index in [1.165, 1.54) is 6.07 Å². The number of hydrogen-bond donors (Lipinski definition) is 4. The number of benzene rings is 1. The Labute approximate surface area is 98.1 Å². The van der Waals surface area contributed by atoms with Crippen molar-refractivity contribution >= 4 is 17.6 Å². The van der Waals surface area contributed by atoms with Gasteiger partial charge in [-0.2, -0.15) is 0 Å². The van der Waals surface area contributed by atoms with E-state index >= 15 is 0 Å². The minimum atomic E-state index is -1.60. The van der Waals surface area contributed by atoms with Gasteiger partial charge in [-0.1, -0.05) is 0 Å². The molecule has 1 rings (SSSR count). The third-order valence-corrected chi connectivity index (χ3v) is 2.27. The molecule has 6 nitrogen and oxygen atoms in total. The molecule has 1 aromatic carbocycles. The van der Waals surface area contributed by atoms with Crippen LogP contribution in [-0.4, -0.2) is 34.7 Å². The van der Waals surface area contributed by atoms with Crippen LogP contribution in [0.5, 0.6) is 0 Å². The number of nitrogens with two attached hydrogens (primary N) is 1. The van der Waals surface area contributed by atoms with Crippen molar-refractivity contribution in [1.82, 2.24) is 5.32 Å². The SMILES string of the molecule is Cc1cc(C(=O)NC[C@H](O)C(=O)O)ccc1N. The predicted molar refractivity (Wildman–Crippen MR) is 61.6 cm³/mol. The van der Waals surface area contributed by atoms with Gasteiger partial charge in [-0.15, -0.1) is 0 Å². The highest BCUT2D eigenvalue weighted by Gasteiger charge is 2.15. The molecule has 6 heteroatoms. The van der Waals surface area contributed by atoms with E-state index in [1.807, 2.05) is 0 Å². The summed E-state index contributed by atoms with van der Waals surface area (Å²) in [6.45, 7) is 1.43. The van der Waals surface area contributed by atoms with Crippen LogP contribution in [0.1, 0.15) is 15.9 Å². The summed E-state index contributed by atoms with van der Waals surface area (Å²) in [5.41, 5.74) is 7.31. The number of aliphatic carboxylic acids is 1. The van der Waals surface area contributed by atoms with E-state index in [0.717, 1.165) is 5.56 Å². The Morgan fingerprint density at radius 2 is 2.12 bits per heavy atom. The highest BCUT2D eigenvalue weighted by atomic mass is 16.4. The molecule has 17 heavy (non-hydrogen) atoms. The van der Waals surface area contributed by atoms with Crippen LogP contribution in [0, 0.1) is 6.92 Å². The van der Waals surface area contributed by atoms with Crippen molar-refractivity contribution in [1.29, 1.82) is 0 Å². The van der Waals surface area contributed by atoms with E-state index in [1.54, 1.807) is 19.1 Å². The molecule has 0 bridgehead atoms. The first-order valence-electron chi connectivity index (χ1n) is 4.97. The van der Waals surface area contributed by atoms with Crippen LogP contribution in [0.2, 0.25) is 0 Å². The minimum Gasteiger partial charge on any atom is -0.479 e. The fourth-order valence-electron chi connectivity index (χ4n) is 1.20. The van der Waals surface area contributed by atoms with Crippen molar-refractivity contribution in [3.8, 4) is 0 Å². The van der Waals surface area contributed by atoms with Crippen LogP contribution >= 0.6 is 0 Å². The van der Waals surface area contributed by atoms with Gasteiger partial charge in [-0.25, -0.2) is 4.79 Å². The zero-order valence-electron chi connectivity index (χ0n) is 9.30. The molecule has 0 spiro atoms. The molecular formula is C11H14N2O4. The maximum absolute atomic E-state index is 11.6. The van der Waals surface area contributed by atoms with Crippen LogP contribution in [0.4, 0.5) is 5.69 Å². The Kier molecular flexibility index (Phi) is 4.06. The average Bonchev–Trinajstić information content (AvgIpc) is 2.28. The second-order valence-electron chi connectivity index (χ2n) is 3.64. The third-order valence-electron chi connectivity index (χ3n) is 2.27. The van der Waals surface area contributed by atoms with Crippen molar-refractivity contribution in [2.24, 2.45) is 0 Å². The summed E-state index contributed by atoms with van der Waals surface area (Å²) in [4.78, 5) is 21.9. The minimum absolute atomic E-state index is 0.336. The van der Waals surface area contributed by atoms with Crippen LogP contribution in [0.3, 0.4) is 0 Å². The van der Waals surface area contributed by atoms with E-state index in [9.17, 15) is 9.59 Å². The van der Waals surface area contributed by atoms with E-state index in [2.05, 4.69) is 5.32 Å². The molecule has 0 aliphatic carbocycles. The number of carbonyl (C=O) groups is 2. The molecule has 0 aliphatic rings. The monoisotopic (exact) mass is 238 g/mol. The number of aliphatic hydroxyl groups excluding tert-OH is 1. The summed E-state index contributed by atoms with van der Waals surface area (Å²) < 4.78 is 0. The van der Waals surface area contributed by atoms with Gasteiger partial charge in [0.1, 0.15) is 0 Å². The lowest BCUT2D eigenvalue weighted by Gasteiger charge is -2.08. The molecule has 0 fully saturated rings. The lowest BCUT2D eigenvalue weighted by Crippen LogP contribution is -2.36. The highest BCUT2D eigenvalue weighted by Crippen LogP contribution is 2.12. The number of nitrogens with one attached hydrogen (secondary N) is 1. The summed E-state index contributed by atoms with van der Waals surface area (Å²) in [5, 5.41) is 19.7. The van der Waals surface area contributed by atoms with Gasteiger partial charge < -0.3 is 21.3 Å². The zero-order chi connectivity index (χ0) is 13.0. The summed E-state index contributed by atoms with van der Waals surface area (Å²) in [6, 6.07) is 4.72. The first-order chi connectivity index (χ1) is 7.91. The number of hydrogen-bond acceptors (Lipinski definition) is 4. The number of nitrogen functional groups attached to an aromatic ring is 1. The number of amides is 1. The number of anilines is 1. The molecule has 1 atom stereocenters. The average molecular weight is 238 g/mol. The Hall–Kier alpha value is -2.08. The number of carbonyl (C=O) groups excluding carboxylic acids is 1. The van der Waals surface area contributed by atoms with Crippen LogP contribution < -0.4 is 11.1 Å². The number of carboxylic acids is 1. The van der Waals surface area contributed by atoms with E-state index < -0.39 is 18.0 Å². The standard InChI is InChI=1S/C11H14N2O4/c1-6-4-7(2-3-8(6)12)10(15)13-5-9(14)11(16)17/h2-4,9,14H,5,12H2,1H3,(H,13,15)(H,16,17)/t9-/m0/s1. The third kappa shape index (κ3) is 3.46. The first kappa shape index (κ1) is 13.0. The lowest BCUT2D eigenvalue weighted by molar-refractivity contribution is -0.146. The van der Waals surface area contributed by atoms with Crippen molar-refractivity contribution in [3.63, 3.8) is 0 Å². The van der Waals surface area contributed by atoms with E-state index in [4.69, 9.17) is 15.9 Å². The summed E-state index contributed by atoms with van der Waals surface area (Å²) in [7, 11) is 0. The van der Waals surface area contributed by atoms with Gasteiger partial charge in [0.05, 0.1) is 6.54 Å². The fraction of sp³-hybridized carbons (Fsp3) is 0.273. The van der Waals surface area contributed by atoms with Gasteiger partial charge in [0.15, 0.2) is 6.10 Å². The smallest absolute Gasteiger partial charge is 0.334 e. The quantitative estimate of drug-likeness (QED) is 0.540. The van der Waals surface area contributed by atoms with Crippen LogP contribution in [-0.2, 0) is 4.79 Å². The number of rotatable bonds is 4. The van der Waals surface area contributed by atoms with Gasteiger partial charge in [0, 0.05) is 11.3 Å². The molecule has 0 radical (unpaired) electrons. The molecule has 0 heterocycles. The molecule has 5 N–H and O–H groups in total. The molecule has 92 valence electrons. The van der Waals surface area contributed by atoms with Gasteiger partial charge in [0.2, 0.25) is 0 Å². The van der Waals surface area contributed by atoms with E-state index in [-0.39, 0.29) is 6.54 Å². The molecular weight excluding hydrogens is 224 g/mol. The van der Waals surface area contributed by atoms with Crippen molar-refractivity contribution < 1.29 is 19.8 Å². The van der Waals surface area contributed by atoms with Crippen molar-refractivity contribution in [2.75, 3.05) is 12.3 Å². The number of aryl methyl sites for hydroxylation is 1. The van der Waals surface area contributed by atoms with Gasteiger partial charge in [-0.05, 0) is 30.7 Å². The molecule has 1 aromatic rings. The number of aliphatic hydroxyl groups is 1. The molecule has 0 aliphatic heterocycles. The first-order valence-corrected chi connectivity index (χ1v) is 4.97.